The molecular formula is C18H17N3O. The smallest absolute Gasteiger partial charge is 0.248 e. The molecule has 0 radical (unpaired) electrons. The Morgan fingerprint density at radius 2 is 2.09 bits per heavy atom. The lowest BCUT2D eigenvalue weighted by Crippen LogP contribution is -2.09. The van der Waals surface area contributed by atoms with Gasteiger partial charge in [-0.25, -0.2) is 4.98 Å². The minimum absolute atomic E-state index is 0.155. The van der Waals surface area contributed by atoms with E-state index in [0.717, 1.165) is 22.6 Å². The molecule has 4 nitrogen and oxygen atoms in total. The Hall–Kier alpha value is -2.88. The van der Waals surface area contributed by atoms with E-state index in [1.807, 2.05) is 60.8 Å². The number of carbonyl (C=O) groups excluding carboxylic acids is 1. The van der Waals surface area contributed by atoms with Crippen molar-refractivity contribution in [3.8, 4) is 0 Å². The molecule has 1 aromatic carbocycles. The number of imidazole rings is 1. The summed E-state index contributed by atoms with van der Waals surface area (Å²) in [7, 11) is 0. The lowest BCUT2D eigenvalue weighted by atomic mass is 10.1. The van der Waals surface area contributed by atoms with Crippen LogP contribution in [0, 0.1) is 13.8 Å². The van der Waals surface area contributed by atoms with Gasteiger partial charge in [0.25, 0.3) is 0 Å². The predicted molar refractivity (Wildman–Crippen MR) is 88.8 cm³/mol. The first-order valence-corrected chi connectivity index (χ1v) is 7.12. The number of fused-ring (bicyclic) bond motifs is 1. The van der Waals surface area contributed by atoms with Gasteiger partial charge in [0.1, 0.15) is 5.65 Å². The number of amides is 1. The summed E-state index contributed by atoms with van der Waals surface area (Å²) in [6.07, 6.45) is 6.95. The second-order valence-electron chi connectivity index (χ2n) is 5.25. The van der Waals surface area contributed by atoms with Gasteiger partial charge in [0.05, 0.1) is 11.9 Å². The fourth-order valence-corrected chi connectivity index (χ4v) is 2.36. The quantitative estimate of drug-likeness (QED) is 0.749. The van der Waals surface area contributed by atoms with Gasteiger partial charge < -0.3 is 9.72 Å². The first kappa shape index (κ1) is 14.1. The molecule has 0 spiro atoms. The van der Waals surface area contributed by atoms with E-state index in [2.05, 4.69) is 10.3 Å². The number of anilines is 1. The number of aryl methyl sites for hydroxylation is 2. The average Bonchev–Trinajstić information content (AvgIpc) is 2.91. The Morgan fingerprint density at radius 1 is 1.23 bits per heavy atom. The Kier molecular flexibility index (Phi) is 3.74. The molecule has 0 fully saturated rings. The zero-order chi connectivity index (χ0) is 15.5. The van der Waals surface area contributed by atoms with Crippen LogP contribution in [0.4, 0.5) is 5.69 Å². The molecule has 0 saturated heterocycles. The molecule has 0 unspecified atom stereocenters. The summed E-state index contributed by atoms with van der Waals surface area (Å²) in [6.45, 7) is 4.01. The molecule has 110 valence electrons. The van der Waals surface area contributed by atoms with E-state index in [1.54, 1.807) is 12.3 Å². The molecule has 1 N–H and O–H groups in total. The molecule has 0 aliphatic carbocycles. The molecule has 4 heteroatoms. The van der Waals surface area contributed by atoms with Crippen LogP contribution in [0.25, 0.3) is 11.7 Å². The standard InChI is InChI=1S/C18H17N3O/c1-13-6-8-16(14(2)11-13)20-18(22)9-7-15-12-19-17-5-3-4-10-21(15)17/h3-12H,1-2H3,(H,20,22)/b9-7+. The van der Waals surface area contributed by atoms with Crippen molar-refractivity contribution in [1.29, 1.82) is 0 Å². The van der Waals surface area contributed by atoms with Crippen molar-refractivity contribution >= 4 is 23.3 Å². The maximum absolute atomic E-state index is 12.1. The Bertz CT molecular complexity index is 862. The number of nitrogens with one attached hydrogen (secondary N) is 1. The topological polar surface area (TPSA) is 46.4 Å². The molecule has 0 aliphatic heterocycles. The van der Waals surface area contributed by atoms with Crippen LogP contribution < -0.4 is 5.32 Å². The monoisotopic (exact) mass is 291 g/mol. The van der Waals surface area contributed by atoms with Gasteiger partial charge in [0.2, 0.25) is 5.91 Å². The van der Waals surface area contributed by atoms with Gasteiger partial charge in [0, 0.05) is 18.0 Å². The highest BCUT2D eigenvalue weighted by Gasteiger charge is 2.03. The van der Waals surface area contributed by atoms with Crippen molar-refractivity contribution in [2.24, 2.45) is 0 Å². The van der Waals surface area contributed by atoms with Gasteiger partial charge in [-0.15, -0.1) is 0 Å². The molecule has 2 heterocycles. The number of hydrogen-bond donors (Lipinski definition) is 1. The van der Waals surface area contributed by atoms with Gasteiger partial charge in [-0.1, -0.05) is 23.8 Å². The largest absolute Gasteiger partial charge is 0.322 e. The number of rotatable bonds is 3. The summed E-state index contributed by atoms with van der Waals surface area (Å²) in [5, 5.41) is 2.89. The lowest BCUT2D eigenvalue weighted by molar-refractivity contribution is -0.111. The Labute approximate surface area is 129 Å². The number of aromatic nitrogens is 2. The highest BCUT2D eigenvalue weighted by Crippen LogP contribution is 2.16. The molecule has 22 heavy (non-hydrogen) atoms. The fourth-order valence-electron chi connectivity index (χ4n) is 2.36. The van der Waals surface area contributed by atoms with E-state index in [-0.39, 0.29) is 5.91 Å². The lowest BCUT2D eigenvalue weighted by Gasteiger charge is -2.06. The minimum Gasteiger partial charge on any atom is -0.322 e. The number of nitrogens with zero attached hydrogens (tertiary/aromatic N) is 2. The first-order chi connectivity index (χ1) is 10.6. The molecule has 3 rings (SSSR count). The van der Waals surface area contributed by atoms with Crippen molar-refractivity contribution in [3.63, 3.8) is 0 Å². The van der Waals surface area contributed by atoms with E-state index in [4.69, 9.17) is 0 Å². The third kappa shape index (κ3) is 2.91. The maximum atomic E-state index is 12.1. The van der Waals surface area contributed by atoms with E-state index in [9.17, 15) is 4.79 Å². The molecular weight excluding hydrogens is 274 g/mol. The second-order valence-corrected chi connectivity index (χ2v) is 5.25. The highest BCUT2D eigenvalue weighted by atomic mass is 16.1. The van der Waals surface area contributed by atoms with Crippen molar-refractivity contribution in [2.75, 3.05) is 5.32 Å². The van der Waals surface area contributed by atoms with Crippen LogP contribution in [0.3, 0.4) is 0 Å². The fraction of sp³-hybridized carbons (Fsp3) is 0.111. The van der Waals surface area contributed by atoms with Crippen LogP contribution in [0.15, 0.2) is 54.9 Å². The van der Waals surface area contributed by atoms with E-state index in [1.165, 1.54) is 11.6 Å². The van der Waals surface area contributed by atoms with Crippen molar-refractivity contribution in [1.82, 2.24) is 9.38 Å². The van der Waals surface area contributed by atoms with Crippen LogP contribution in [0.1, 0.15) is 16.8 Å². The molecule has 2 aromatic heterocycles. The predicted octanol–water partition coefficient (Wildman–Crippen LogP) is 3.60. The minimum atomic E-state index is -0.155. The van der Waals surface area contributed by atoms with Crippen LogP contribution in [0.2, 0.25) is 0 Å². The van der Waals surface area contributed by atoms with Crippen molar-refractivity contribution < 1.29 is 4.79 Å². The van der Waals surface area contributed by atoms with E-state index in [0.29, 0.717) is 0 Å². The zero-order valence-corrected chi connectivity index (χ0v) is 12.6. The third-order valence-corrected chi connectivity index (χ3v) is 3.49. The van der Waals surface area contributed by atoms with Gasteiger partial charge in [-0.2, -0.15) is 0 Å². The molecule has 1 amide bonds. The number of hydrogen-bond acceptors (Lipinski definition) is 2. The average molecular weight is 291 g/mol. The number of benzene rings is 1. The molecule has 0 aliphatic rings. The normalized spacial score (nSPS) is 11.2. The van der Waals surface area contributed by atoms with Crippen LogP contribution >= 0.6 is 0 Å². The Balaban J connectivity index is 1.76. The Morgan fingerprint density at radius 3 is 2.91 bits per heavy atom. The van der Waals surface area contributed by atoms with E-state index >= 15 is 0 Å². The SMILES string of the molecule is Cc1ccc(NC(=O)/C=C/c2cnc3ccccn23)c(C)c1. The van der Waals surface area contributed by atoms with Crippen molar-refractivity contribution in [3.05, 3.63) is 71.7 Å². The number of pyridine rings is 1. The van der Waals surface area contributed by atoms with Crippen LogP contribution in [0.5, 0.6) is 0 Å². The van der Waals surface area contributed by atoms with Crippen LogP contribution in [-0.4, -0.2) is 15.3 Å². The summed E-state index contributed by atoms with van der Waals surface area (Å²) in [4.78, 5) is 16.3. The summed E-state index contributed by atoms with van der Waals surface area (Å²) >= 11 is 0. The maximum Gasteiger partial charge on any atom is 0.248 e. The summed E-state index contributed by atoms with van der Waals surface area (Å²) in [5.74, 6) is -0.155. The first-order valence-electron chi connectivity index (χ1n) is 7.12. The summed E-state index contributed by atoms with van der Waals surface area (Å²) in [6, 6.07) is 11.7. The summed E-state index contributed by atoms with van der Waals surface area (Å²) < 4.78 is 1.93. The van der Waals surface area contributed by atoms with Gasteiger partial charge >= 0.3 is 0 Å². The van der Waals surface area contributed by atoms with Gasteiger partial charge in [0.15, 0.2) is 0 Å². The zero-order valence-electron chi connectivity index (χ0n) is 12.6. The van der Waals surface area contributed by atoms with E-state index < -0.39 is 0 Å². The molecule has 3 aromatic rings. The van der Waals surface area contributed by atoms with Crippen molar-refractivity contribution in [2.45, 2.75) is 13.8 Å². The van der Waals surface area contributed by atoms with Gasteiger partial charge in [-0.05, 0) is 43.7 Å². The second kappa shape index (κ2) is 5.85. The van der Waals surface area contributed by atoms with Crippen LogP contribution in [-0.2, 0) is 4.79 Å². The highest BCUT2D eigenvalue weighted by molar-refractivity contribution is 6.02. The van der Waals surface area contributed by atoms with Gasteiger partial charge in [-0.3, -0.25) is 4.79 Å². The molecule has 0 bridgehead atoms. The number of carbonyl (C=O) groups is 1. The molecule has 0 saturated carbocycles. The molecule has 0 atom stereocenters. The third-order valence-electron chi connectivity index (χ3n) is 3.49. The summed E-state index contributed by atoms with van der Waals surface area (Å²) in [5.41, 5.74) is 4.79.